The molecule has 6 aromatic heterocycles. The first-order valence-corrected chi connectivity index (χ1v) is 28.7. The molecule has 0 spiro atoms. The third-order valence-electron chi connectivity index (χ3n) is 16.8. The number of rotatable bonds is 7. The Labute approximate surface area is 477 Å². The van der Waals surface area contributed by atoms with Crippen LogP contribution < -0.4 is 0 Å². The smallest absolute Gasteiger partial charge is 0.164 e. The van der Waals surface area contributed by atoms with Gasteiger partial charge in [-0.1, -0.05) is 158 Å². The third-order valence-corrected chi connectivity index (χ3v) is 18.0. The predicted octanol–water partition coefficient (Wildman–Crippen LogP) is 20.6. The highest BCUT2D eigenvalue weighted by Gasteiger charge is 2.22. The van der Waals surface area contributed by atoms with Gasteiger partial charge in [0.2, 0.25) is 0 Å². The van der Waals surface area contributed by atoms with E-state index in [0.29, 0.717) is 17.5 Å². The van der Waals surface area contributed by atoms with Crippen LogP contribution in [-0.2, 0) is 0 Å². The number of benzene rings is 12. The Morgan fingerprint density at radius 3 is 1.59 bits per heavy atom. The predicted molar refractivity (Wildman–Crippen MR) is 343 cm³/mol. The number of hydrogen-bond donors (Lipinski definition) is 0. The van der Waals surface area contributed by atoms with Crippen LogP contribution in [0, 0.1) is 0 Å². The summed E-state index contributed by atoms with van der Waals surface area (Å²) in [5.41, 5.74) is 17.3. The SMILES string of the molecule is c1ccc(-c2nc(-c3ccc4c(c3)oc3cc(-n5c6ccccc6c6ccccc65)ccc34)nc(-c3cccc4oc5ccc(-c6ccc7sc8c(-c9ccc%10c(c9)c9ccccc9n%10-c9ccccc9)cccc8c7c6)cc5c34)n2)cc1. The van der Waals surface area contributed by atoms with Gasteiger partial charge in [-0.15, -0.1) is 11.3 Å². The van der Waals surface area contributed by atoms with E-state index in [1.165, 1.54) is 63.9 Å². The van der Waals surface area contributed by atoms with Gasteiger partial charge in [0.25, 0.3) is 0 Å². The van der Waals surface area contributed by atoms with Gasteiger partial charge in [0, 0.05) is 97.4 Å². The summed E-state index contributed by atoms with van der Waals surface area (Å²) in [6.07, 6.45) is 0. The molecule has 386 valence electrons. The van der Waals surface area contributed by atoms with Gasteiger partial charge in [-0.2, -0.15) is 0 Å². The highest BCUT2D eigenvalue weighted by molar-refractivity contribution is 7.26. The van der Waals surface area contributed by atoms with Crippen LogP contribution in [0.4, 0.5) is 0 Å². The molecular weight excluding hydrogens is 1030 g/mol. The molecule has 0 N–H and O–H groups in total. The van der Waals surface area contributed by atoms with Crippen LogP contribution in [0.5, 0.6) is 0 Å². The maximum Gasteiger partial charge on any atom is 0.164 e. The van der Waals surface area contributed by atoms with Crippen molar-refractivity contribution in [1.29, 1.82) is 0 Å². The summed E-state index contributed by atoms with van der Waals surface area (Å²) >= 11 is 1.86. The van der Waals surface area contributed by atoms with Crippen molar-refractivity contribution in [1.82, 2.24) is 24.1 Å². The maximum absolute atomic E-state index is 6.75. The molecule has 0 saturated heterocycles. The van der Waals surface area contributed by atoms with Crippen LogP contribution >= 0.6 is 11.3 Å². The number of nitrogens with zero attached hydrogens (tertiary/aromatic N) is 5. The number of thiophene rings is 1. The lowest BCUT2D eigenvalue weighted by molar-refractivity contribution is 0.668. The second kappa shape index (κ2) is 17.8. The fourth-order valence-corrected chi connectivity index (χ4v) is 14.2. The van der Waals surface area contributed by atoms with Gasteiger partial charge >= 0.3 is 0 Å². The van der Waals surface area contributed by atoms with E-state index in [1.54, 1.807) is 0 Å². The molecule has 0 amide bonds. The average molecular weight is 1080 g/mol. The second-order valence-electron chi connectivity index (χ2n) is 21.4. The van der Waals surface area contributed by atoms with Crippen molar-refractivity contribution in [2.24, 2.45) is 0 Å². The molecule has 6 heterocycles. The Balaban J connectivity index is 0.733. The van der Waals surface area contributed by atoms with Crippen molar-refractivity contribution in [2.75, 3.05) is 0 Å². The molecule has 12 aromatic carbocycles. The van der Waals surface area contributed by atoms with E-state index in [1.807, 2.05) is 53.8 Å². The number of aromatic nitrogens is 5. The van der Waals surface area contributed by atoms with Gasteiger partial charge in [0.05, 0.1) is 22.1 Å². The first-order chi connectivity index (χ1) is 41.1. The van der Waals surface area contributed by atoms with Crippen LogP contribution in [-0.4, -0.2) is 24.1 Å². The van der Waals surface area contributed by atoms with E-state index in [0.717, 1.165) is 94.1 Å². The summed E-state index contributed by atoms with van der Waals surface area (Å²) in [5, 5.41) is 11.4. The zero-order valence-corrected chi connectivity index (χ0v) is 45.1. The number of para-hydroxylation sites is 4. The molecule has 18 rings (SSSR count). The molecule has 0 bridgehead atoms. The highest BCUT2D eigenvalue weighted by Crippen LogP contribution is 2.45. The van der Waals surface area contributed by atoms with Crippen molar-refractivity contribution in [3.63, 3.8) is 0 Å². The Morgan fingerprint density at radius 2 is 0.819 bits per heavy atom. The lowest BCUT2D eigenvalue weighted by atomic mass is 9.98. The quantitative estimate of drug-likeness (QED) is 0.159. The minimum atomic E-state index is 0.545. The van der Waals surface area contributed by atoms with Crippen molar-refractivity contribution in [3.8, 4) is 67.8 Å². The van der Waals surface area contributed by atoms with Gasteiger partial charge < -0.3 is 18.0 Å². The molecule has 0 fully saturated rings. The van der Waals surface area contributed by atoms with Gasteiger partial charge in [-0.3, -0.25) is 0 Å². The molecule has 18 aromatic rings. The van der Waals surface area contributed by atoms with Crippen molar-refractivity contribution in [2.45, 2.75) is 0 Å². The van der Waals surface area contributed by atoms with Crippen LogP contribution in [0.15, 0.2) is 270 Å². The van der Waals surface area contributed by atoms with E-state index in [-0.39, 0.29) is 0 Å². The van der Waals surface area contributed by atoms with Crippen molar-refractivity contribution < 1.29 is 8.83 Å². The average Bonchev–Trinajstić information content (AvgIpc) is 3.99. The van der Waals surface area contributed by atoms with Crippen LogP contribution in [0.3, 0.4) is 0 Å². The van der Waals surface area contributed by atoms with Gasteiger partial charge in [0.1, 0.15) is 22.3 Å². The summed E-state index contributed by atoms with van der Waals surface area (Å²) < 4.78 is 20.6. The van der Waals surface area contributed by atoms with Gasteiger partial charge in [-0.05, 0) is 119 Å². The summed E-state index contributed by atoms with van der Waals surface area (Å²) in [5.74, 6) is 1.67. The van der Waals surface area contributed by atoms with Gasteiger partial charge in [0.15, 0.2) is 17.5 Å². The molecule has 0 atom stereocenters. The topological polar surface area (TPSA) is 74.8 Å². The lowest BCUT2D eigenvalue weighted by Gasteiger charge is -2.09. The monoisotopic (exact) mass is 1080 g/mol. The minimum absolute atomic E-state index is 0.545. The molecule has 0 aliphatic rings. The zero-order valence-electron chi connectivity index (χ0n) is 44.3. The van der Waals surface area contributed by atoms with Crippen LogP contribution in [0.25, 0.3) is 175 Å². The lowest BCUT2D eigenvalue weighted by Crippen LogP contribution is -2.00. The third kappa shape index (κ3) is 7.06. The molecule has 8 heteroatoms. The first kappa shape index (κ1) is 45.9. The van der Waals surface area contributed by atoms with Crippen LogP contribution in [0.2, 0.25) is 0 Å². The first-order valence-electron chi connectivity index (χ1n) is 27.9. The standard InChI is InChI=1S/C75H43N5O2S/c1-3-15-44(16-4-1)73-76-74(48-29-34-55-56-35-33-50(43-69(56)82-68(55)42-48)80-62-25-10-7-19-52(62)53-20-8-11-26-63(53)80)78-75(77-73)58-24-14-28-67-71(58)61-40-45(31-37-66(61)81-67)46-32-38-70-60(39-46)57-23-13-22-51(72(57)83-70)47-30-36-65-59(41-47)54-21-9-12-27-64(54)79(65)49-17-5-2-6-18-49/h1-43H. The fraction of sp³-hybridized carbons (Fsp3) is 0. The number of hydrogen-bond acceptors (Lipinski definition) is 6. The molecule has 7 nitrogen and oxygen atoms in total. The molecule has 0 aliphatic heterocycles. The van der Waals surface area contributed by atoms with Crippen molar-refractivity contribution >= 4 is 119 Å². The van der Waals surface area contributed by atoms with Crippen LogP contribution in [0.1, 0.15) is 0 Å². The Hall–Kier alpha value is -10.9. The number of fused-ring (bicyclic) bond motifs is 15. The minimum Gasteiger partial charge on any atom is -0.456 e. The molecule has 0 aliphatic carbocycles. The summed E-state index contributed by atoms with van der Waals surface area (Å²) in [4.78, 5) is 15.7. The largest absolute Gasteiger partial charge is 0.456 e. The van der Waals surface area contributed by atoms with E-state index >= 15 is 0 Å². The van der Waals surface area contributed by atoms with Gasteiger partial charge in [-0.25, -0.2) is 15.0 Å². The molecule has 0 radical (unpaired) electrons. The molecular formula is C75H43N5O2S. The Kier molecular flexibility index (Phi) is 9.83. The second-order valence-corrected chi connectivity index (χ2v) is 22.5. The summed E-state index contributed by atoms with van der Waals surface area (Å²) in [7, 11) is 0. The number of furan rings is 2. The summed E-state index contributed by atoms with van der Waals surface area (Å²) in [6.45, 7) is 0. The Morgan fingerprint density at radius 1 is 0.277 bits per heavy atom. The zero-order chi connectivity index (χ0) is 54.3. The normalized spacial score (nSPS) is 12.1. The van der Waals surface area contributed by atoms with E-state index < -0.39 is 0 Å². The molecule has 0 saturated carbocycles. The maximum atomic E-state index is 6.75. The van der Waals surface area contributed by atoms with E-state index in [9.17, 15) is 0 Å². The van der Waals surface area contributed by atoms with E-state index in [4.69, 9.17) is 23.8 Å². The Bertz CT molecular complexity index is 5660. The molecule has 83 heavy (non-hydrogen) atoms. The fourth-order valence-electron chi connectivity index (χ4n) is 13.0. The highest BCUT2D eigenvalue weighted by atomic mass is 32.1. The molecule has 0 unspecified atom stereocenters. The summed E-state index contributed by atoms with van der Waals surface area (Å²) in [6, 6.07) is 92.7. The van der Waals surface area contributed by atoms with Crippen molar-refractivity contribution in [3.05, 3.63) is 261 Å². The van der Waals surface area contributed by atoms with E-state index in [2.05, 4.69) is 228 Å².